The van der Waals surface area contributed by atoms with E-state index in [-0.39, 0.29) is 11.4 Å². The Bertz CT molecular complexity index is 859. The summed E-state index contributed by atoms with van der Waals surface area (Å²) >= 11 is 0. The second kappa shape index (κ2) is 5.92. The van der Waals surface area contributed by atoms with Crippen molar-refractivity contribution in [3.05, 3.63) is 28.7 Å². The molecule has 0 atom stereocenters. The van der Waals surface area contributed by atoms with Gasteiger partial charge in [-0.25, -0.2) is 0 Å². The van der Waals surface area contributed by atoms with E-state index >= 15 is 0 Å². The lowest BCUT2D eigenvalue weighted by atomic mass is 10.1. The zero-order valence-corrected chi connectivity index (χ0v) is 15.2. The van der Waals surface area contributed by atoms with Crippen LogP contribution < -0.4 is 10.9 Å². The van der Waals surface area contributed by atoms with Crippen LogP contribution >= 0.6 is 0 Å². The molecule has 132 valence electrons. The minimum atomic E-state index is -0.340. The fraction of sp³-hybridized carbons (Fsp3) is 0.529. The third-order valence-electron chi connectivity index (χ3n) is 4.23. The summed E-state index contributed by atoms with van der Waals surface area (Å²) < 4.78 is 3.46. The number of hydrogen-bond donors (Lipinski definition) is 2. The van der Waals surface area contributed by atoms with Crippen molar-refractivity contribution < 1.29 is 4.79 Å². The quantitative estimate of drug-likeness (QED) is 0.830. The Morgan fingerprint density at radius 2 is 2.04 bits per heavy atom. The van der Waals surface area contributed by atoms with Gasteiger partial charge in [0.25, 0.3) is 5.91 Å². The number of hydrogen-bond acceptors (Lipinski definition) is 5. The van der Waals surface area contributed by atoms with Crippen molar-refractivity contribution >= 4 is 11.7 Å². The Morgan fingerprint density at radius 1 is 1.36 bits per heavy atom. The molecule has 1 fully saturated rings. The van der Waals surface area contributed by atoms with Crippen molar-refractivity contribution in [2.75, 3.05) is 5.43 Å². The third kappa shape index (κ3) is 3.22. The molecule has 2 N–H and O–H groups in total. The largest absolute Gasteiger partial charge is 0.290 e. The predicted octanol–water partition coefficient (Wildman–Crippen LogP) is 2.19. The molecule has 2 aromatic heterocycles. The molecule has 2 aromatic rings. The van der Waals surface area contributed by atoms with E-state index in [1.165, 1.54) is 4.68 Å². The topological polar surface area (TPSA) is 101 Å². The average Bonchev–Trinajstić information content (AvgIpc) is 3.20. The Kier molecular flexibility index (Phi) is 4.03. The van der Waals surface area contributed by atoms with Crippen LogP contribution in [0.3, 0.4) is 0 Å². The van der Waals surface area contributed by atoms with E-state index in [1.54, 1.807) is 14.0 Å². The number of nitriles is 1. The first-order valence-corrected chi connectivity index (χ1v) is 8.33. The SMILES string of the molecule is Cc1nn(C)c(NNC(=O)c2cc(C3CC3)n(C(C)(C)C)n2)c1C#N. The van der Waals surface area contributed by atoms with Crippen LogP contribution in [0, 0.1) is 18.3 Å². The normalized spacial score (nSPS) is 14.2. The molecule has 0 bridgehead atoms. The first-order chi connectivity index (χ1) is 11.7. The number of carbonyl (C=O) groups is 1. The Balaban J connectivity index is 1.80. The maximum atomic E-state index is 12.5. The molecule has 1 aliphatic carbocycles. The summed E-state index contributed by atoms with van der Waals surface area (Å²) in [4.78, 5) is 12.5. The molecule has 8 heteroatoms. The summed E-state index contributed by atoms with van der Waals surface area (Å²) in [5.74, 6) is 0.602. The number of carbonyl (C=O) groups excluding carboxylic acids is 1. The van der Waals surface area contributed by atoms with Gasteiger partial charge in [0.05, 0.1) is 11.2 Å². The summed E-state index contributed by atoms with van der Waals surface area (Å²) in [6, 6.07) is 3.95. The minimum absolute atomic E-state index is 0.184. The van der Waals surface area contributed by atoms with Gasteiger partial charge in [-0.05, 0) is 46.6 Å². The molecule has 1 saturated carbocycles. The maximum Gasteiger partial charge on any atom is 0.290 e. The first kappa shape index (κ1) is 17.0. The second-order valence-electron chi connectivity index (χ2n) is 7.43. The predicted molar refractivity (Wildman–Crippen MR) is 92.9 cm³/mol. The molecule has 0 unspecified atom stereocenters. The molecule has 25 heavy (non-hydrogen) atoms. The van der Waals surface area contributed by atoms with Gasteiger partial charge in [0.1, 0.15) is 11.6 Å². The van der Waals surface area contributed by atoms with Crippen molar-refractivity contribution in [1.29, 1.82) is 5.26 Å². The Labute approximate surface area is 146 Å². The molecule has 1 aliphatic rings. The van der Waals surface area contributed by atoms with Gasteiger partial charge in [-0.1, -0.05) is 0 Å². The van der Waals surface area contributed by atoms with Crippen LogP contribution in [0.2, 0.25) is 0 Å². The number of hydrazine groups is 1. The van der Waals surface area contributed by atoms with Gasteiger partial charge in [0, 0.05) is 18.7 Å². The molecular formula is C17H23N7O. The van der Waals surface area contributed by atoms with E-state index in [1.807, 2.05) is 10.7 Å². The minimum Gasteiger partial charge on any atom is -0.281 e. The number of aromatic nitrogens is 4. The van der Waals surface area contributed by atoms with Crippen LogP contribution in [-0.2, 0) is 12.6 Å². The summed E-state index contributed by atoms with van der Waals surface area (Å²) in [6.45, 7) is 7.97. The molecule has 0 radical (unpaired) electrons. The van der Waals surface area contributed by atoms with Crippen molar-refractivity contribution in [3.8, 4) is 6.07 Å². The summed E-state index contributed by atoms with van der Waals surface area (Å²) in [7, 11) is 1.71. The summed E-state index contributed by atoms with van der Waals surface area (Å²) in [5, 5.41) is 17.9. The molecule has 0 spiro atoms. The molecular weight excluding hydrogens is 318 g/mol. The molecule has 0 saturated heterocycles. The van der Waals surface area contributed by atoms with E-state index in [9.17, 15) is 10.1 Å². The molecule has 0 aliphatic heterocycles. The van der Waals surface area contributed by atoms with Gasteiger partial charge in [0.15, 0.2) is 11.5 Å². The highest BCUT2D eigenvalue weighted by molar-refractivity contribution is 5.93. The highest BCUT2D eigenvalue weighted by Gasteiger charge is 2.32. The van der Waals surface area contributed by atoms with Crippen LogP contribution in [0.5, 0.6) is 0 Å². The van der Waals surface area contributed by atoms with Gasteiger partial charge >= 0.3 is 0 Å². The first-order valence-electron chi connectivity index (χ1n) is 8.33. The number of aryl methyl sites for hydroxylation is 2. The number of amides is 1. The number of nitrogens with one attached hydrogen (secondary N) is 2. The van der Waals surface area contributed by atoms with Crippen molar-refractivity contribution in [1.82, 2.24) is 25.0 Å². The second-order valence-corrected chi connectivity index (χ2v) is 7.43. The molecule has 8 nitrogen and oxygen atoms in total. The fourth-order valence-electron chi connectivity index (χ4n) is 2.83. The maximum absolute atomic E-state index is 12.5. The van der Waals surface area contributed by atoms with Gasteiger partial charge in [-0.2, -0.15) is 15.5 Å². The van der Waals surface area contributed by atoms with E-state index < -0.39 is 0 Å². The Morgan fingerprint density at radius 3 is 2.60 bits per heavy atom. The number of anilines is 1. The zero-order chi connectivity index (χ0) is 18.4. The van der Waals surface area contributed by atoms with E-state index in [0.717, 1.165) is 18.5 Å². The highest BCUT2D eigenvalue weighted by Crippen LogP contribution is 2.41. The third-order valence-corrected chi connectivity index (χ3v) is 4.23. The fourth-order valence-corrected chi connectivity index (χ4v) is 2.83. The molecule has 0 aromatic carbocycles. The lowest BCUT2D eigenvalue weighted by Gasteiger charge is -2.22. The van der Waals surface area contributed by atoms with Gasteiger partial charge in [-0.3, -0.25) is 25.0 Å². The van der Waals surface area contributed by atoms with Gasteiger partial charge in [0.2, 0.25) is 0 Å². The van der Waals surface area contributed by atoms with Crippen molar-refractivity contribution in [2.45, 2.75) is 52.0 Å². The molecule has 3 rings (SSSR count). The smallest absolute Gasteiger partial charge is 0.281 e. The lowest BCUT2D eigenvalue weighted by molar-refractivity contribution is 0.0956. The van der Waals surface area contributed by atoms with Crippen LogP contribution in [0.1, 0.15) is 67.0 Å². The lowest BCUT2D eigenvalue weighted by Crippen LogP contribution is -2.32. The van der Waals surface area contributed by atoms with Gasteiger partial charge < -0.3 is 0 Å². The summed E-state index contributed by atoms with van der Waals surface area (Å²) in [6.07, 6.45) is 2.28. The average molecular weight is 341 g/mol. The zero-order valence-electron chi connectivity index (χ0n) is 15.2. The van der Waals surface area contributed by atoms with Crippen LogP contribution in [0.25, 0.3) is 0 Å². The van der Waals surface area contributed by atoms with Crippen LogP contribution in [0.15, 0.2) is 6.07 Å². The molecule has 1 amide bonds. The van der Waals surface area contributed by atoms with E-state index in [2.05, 4.69) is 47.9 Å². The van der Waals surface area contributed by atoms with Gasteiger partial charge in [-0.15, -0.1) is 0 Å². The number of nitrogens with zero attached hydrogens (tertiary/aromatic N) is 5. The van der Waals surface area contributed by atoms with Crippen molar-refractivity contribution in [3.63, 3.8) is 0 Å². The van der Waals surface area contributed by atoms with E-state index in [0.29, 0.717) is 28.7 Å². The van der Waals surface area contributed by atoms with Crippen LogP contribution in [0.4, 0.5) is 5.82 Å². The van der Waals surface area contributed by atoms with Crippen molar-refractivity contribution in [2.24, 2.45) is 7.05 Å². The standard InChI is InChI=1S/C17H23N7O/c1-10-12(9-18)15(23(5)21-10)19-20-16(25)13-8-14(11-6-7-11)24(22-13)17(2,3)4/h8,11,19H,6-7H2,1-5H3,(H,20,25). The summed E-state index contributed by atoms with van der Waals surface area (Å²) in [5.41, 5.74) is 7.71. The number of rotatable bonds is 4. The molecule has 2 heterocycles. The Hall–Kier alpha value is -2.82. The monoisotopic (exact) mass is 341 g/mol. The highest BCUT2D eigenvalue weighted by atomic mass is 16.2. The van der Waals surface area contributed by atoms with E-state index in [4.69, 9.17) is 0 Å². The van der Waals surface area contributed by atoms with Crippen LogP contribution in [-0.4, -0.2) is 25.5 Å².